The van der Waals surface area contributed by atoms with Crippen molar-refractivity contribution in [1.29, 1.82) is 0 Å². The van der Waals surface area contributed by atoms with Crippen LogP contribution < -0.4 is 0 Å². The summed E-state index contributed by atoms with van der Waals surface area (Å²) in [4.78, 5) is 1.66. The molecule has 5 aromatic carbocycles. The molecule has 0 saturated heterocycles. The minimum absolute atomic E-state index is 0.151. The van der Waals surface area contributed by atoms with E-state index < -0.39 is 33.4 Å². The van der Waals surface area contributed by atoms with E-state index in [-0.39, 0.29) is 33.0 Å². The summed E-state index contributed by atoms with van der Waals surface area (Å²) in [6.07, 6.45) is 1.33. The van der Waals surface area contributed by atoms with E-state index in [2.05, 4.69) is 98.1 Å². The lowest BCUT2D eigenvalue weighted by molar-refractivity contribution is 0.203. The van der Waals surface area contributed by atoms with E-state index in [1.54, 1.807) is 0 Å². The molecule has 300 valence electrons. The number of hydrogen-bond acceptors (Lipinski definition) is 9. The van der Waals surface area contributed by atoms with Gasteiger partial charge in [-0.1, -0.05) is 115 Å². The van der Waals surface area contributed by atoms with Crippen LogP contribution in [0.4, 0.5) is 0 Å². The standard InChI is InChI=1S/C44H55BO7S4/c46-26-31-55(32-27-47,35-37-17-21-42(53)22-18-37)51-45(52-56(33-28-48,34-29-49)36-38-19-23-43(54)24-20-38)50-30-10-25-44(39-11-4-1-5-12-39,40-13-6-2-7-14-40)41-15-8-3-9-16-41/h1-9,11-24,46-49,53-54H,10,25-36H2. The van der Waals surface area contributed by atoms with Gasteiger partial charge in [-0.3, -0.25) is 0 Å². The van der Waals surface area contributed by atoms with Crippen LogP contribution in [0.1, 0.15) is 40.7 Å². The molecule has 0 aliphatic carbocycles. The molecule has 7 nitrogen and oxygen atoms in total. The summed E-state index contributed by atoms with van der Waals surface area (Å²) in [6, 6.07) is 47.2. The highest BCUT2D eigenvalue weighted by molar-refractivity contribution is 8.30. The molecule has 0 atom stereocenters. The van der Waals surface area contributed by atoms with Gasteiger partial charge in [-0.2, -0.15) is 0 Å². The van der Waals surface area contributed by atoms with E-state index in [4.69, 9.17) is 12.9 Å². The molecule has 0 aliphatic rings. The first kappa shape index (κ1) is 44.4. The molecule has 0 fully saturated rings. The Labute approximate surface area is 347 Å². The predicted molar refractivity (Wildman–Crippen MR) is 240 cm³/mol. The smallest absolute Gasteiger partial charge is 0.395 e. The molecule has 0 spiro atoms. The first-order valence-corrected chi connectivity index (χ1v) is 24.0. The predicted octanol–water partition coefficient (Wildman–Crippen LogP) is 8.22. The molecule has 4 N–H and O–H groups in total. The molecule has 56 heavy (non-hydrogen) atoms. The number of aliphatic hydroxyl groups is 4. The van der Waals surface area contributed by atoms with Gasteiger partial charge in [0.1, 0.15) is 0 Å². The Balaban J connectivity index is 1.51. The molecule has 0 unspecified atom stereocenters. The van der Waals surface area contributed by atoms with Crippen molar-refractivity contribution in [3.8, 4) is 0 Å². The van der Waals surface area contributed by atoms with Gasteiger partial charge >= 0.3 is 7.32 Å². The van der Waals surface area contributed by atoms with Gasteiger partial charge in [-0.25, -0.2) is 0 Å². The maximum atomic E-state index is 10.4. The van der Waals surface area contributed by atoms with Crippen molar-refractivity contribution in [3.63, 3.8) is 0 Å². The Hall–Kier alpha value is -2.72. The molecule has 0 heterocycles. The zero-order valence-electron chi connectivity index (χ0n) is 31.8. The lowest BCUT2D eigenvalue weighted by Crippen LogP contribution is -2.37. The maximum absolute atomic E-state index is 10.4. The normalized spacial score (nSPS) is 12.8. The fraction of sp³-hybridized carbons (Fsp3) is 0.318. The molecule has 0 aromatic heterocycles. The maximum Gasteiger partial charge on any atom is 0.660 e. The van der Waals surface area contributed by atoms with E-state index in [1.165, 1.54) is 16.7 Å². The SMILES string of the molecule is OCCS(CCO)(Cc1ccc(S)cc1)OB(OCCCC(c1ccccc1)(c1ccccc1)c1ccccc1)OS(CCO)(CCO)Cc1ccc(S)cc1. The van der Waals surface area contributed by atoms with Crippen molar-refractivity contribution in [2.24, 2.45) is 0 Å². The van der Waals surface area contributed by atoms with Crippen molar-refractivity contribution in [2.75, 3.05) is 56.0 Å². The zero-order valence-corrected chi connectivity index (χ0v) is 35.2. The van der Waals surface area contributed by atoms with Gasteiger partial charge in [0.25, 0.3) is 0 Å². The van der Waals surface area contributed by atoms with Gasteiger partial charge in [0.15, 0.2) is 0 Å². The van der Waals surface area contributed by atoms with Crippen LogP contribution in [0, 0.1) is 0 Å². The zero-order chi connectivity index (χ0) is 39.7. The first-order chi connectivity index (χ1) is 27.3. The van der Waals surface area contributed by atoms with Gasteiger partial charge in [-0.15, -0.1) is 45.9 Å². The van der Waals surface area contributed by atoms with Crippen LogP contribution in [0.15, 0.2) is 149 Å². The largest absolute Gasteiger partial charge is 0.660 e. The topological polar surface area (TPSA) is 109 Å². The number of aliphatic hydroxyl groups excluding tert-OH is 4. The first-order valence-electron chi connectivity index (χ1n) is 19.0. The van der Waals surface area contributed by atoms with Crippen molar-refractivity contribution in [1.82, 2.24) is 0 Å². The van der Waals surface area contributed by atoms with Crippen LogP contribution in [0.25, 0.3) is 0 Å². The quantitative estimate of drug-likeness (QED) is 0.0161. The molecule has 5 aromatic rings. The van der Waals surface area contributed by atoms with Gasteiger partial charge in [0, 0.05) is 56.3 Å². The summed E-state index contributed by atoms with van der Waals surface area (Å²) in [6.45, 7) is -0.337. The number of rotatable bonds is 24. The third-order valence-corrected chi connectivity index (χ3v) is 17.1. The van der Waals surface area contributed by atoms with Crippen molar-refractivity contribution in [3.05, 3.63) is 167 Å². The second-order valence-electron chi connectivity index (χ2n) is 13.7. The highest BCUT2D eigenvalue weighted by Gasteiger charge is 2.41. The van der Waals surface area contributed by atoms with Gasteiger partial charge in [-0.05, 0) is 64.9 Å². The van der Waals surface area contributed by atoms with Crippen LogP contribution >= 0.6 is 45.9 Å². The van der Waals surface area contributed by atoms with E-state index in [0.29, 0.717) is 47.4 Å². The second-order valence-corrected chi connectivity index (χ2v) is 21.2. The Bertz CT molecular complexity index is 1660. The third kappa shape index (κ3) is 12.2. The van der Waals surface area contributed by atoms with Crippen molar-refractivity contribution < 1.29 is 33.3 Å². The van der Waals surface area contributed by atoms with Gasteiger partial charge < -0.3 is 33.3 Å². The molecule has 12 heteroatoms. The summed E-state index contributed by atoms with van der Waals surface area (Å²) >= 11 is 8.93. The average molecular weight is 835 g/mol. The highest BCUT2D eigenvalue weighted by atomic mass is 32.3. The molecule has 0 aliphatic heterocycles. The Morgan fingerprint density at radius 1 is 0.482 bits per heavy atom. The molecular formula is C44H55BO7S4. The Kier molecular flexibility index (Phi) is 17.8. The second kappa shape index (κ2) is 22.4. The van der Waals surface area contributed by atoms with Crippen LogP contribution in [0.2, 0.25) is 0 Å². The summed E-state index contributed by atoms with van der Waals surface area (Å²) in [5.74, 6) is 2.09. The average Bonchev–Trinajstić information content (AvgIpc) is 3.21. The summed E-state index contributed by atoms with van der Waals surface area (Å²) in [5.41, 5.74) is 4.99. The van der Waals surface area contributed by atoms with E-state index in [0.717, 1.165) is 20.9 Å². The minimum atomic E-state index is -2.23. The monoisotopic (exact) mass is 834 g/mol. The minimum Gasteiger partial charge on any atom is -0.395 e. The van der Waals surface area contributed by atoms with E-state index >= 15 is 0 Å². The number of benzene rings is 5. The fourth-order valence-corrected chi connectivity index (χ4v) is 12.9. The van der Waals surface area contributed by atoms with Gasteiger partial charge in [0.2, 0.25) is 0 Å². The lowest BCUT2D eigenvalue weighted by atomic mass is 9.67. The number of thiol groups is 2. The van der Waals surface area contributed by atoms with E-state index in [9.17, 15) is 20.4 Å². The lowest BCUT2D eigenvalue weighted by Gasteiger charge is -2.45. The van der Waals surface area contributed by atoms with Crippen molar-refractivity contribution >= 4 is 53.2 Å². The molecule has 0 saturated carbocycles. The summed E-state index contributed by atoms with van der Waals surface area (Å²) in [7, 11) is -5.67. The van der Waals surface area contributed by atoms with Crippen LogP contribution in [0.5, 0.6) is 0 Å². The van der Waals surface area contributed by atoms with Crippen LogP contribution in [-0.4, -0.2) is 83.8 Å². The van der Waals surface area contributed by atoms with E-state index in [1.807, 2.05) is 66.7 Å². The molecular weight excluding hydrogens is 780 g/mol. The molecule has 0 bridgehead atoms. The molecule has 5 rings (SSSR count). The highest BCUT2D eigenvalue weighted by Crippen LogP contribution is 2.57. The third-order valence-electron chi connectivity index (χ3n) is 9.90. The fourth-order valence-electron chi connectivity index (χ4n) is 7.23. The molecule has 0 amide bonds. The number of hydrogen-bond donors (Lipinski definition) is 6. The van der Waals surface area contributed by atoms with Gasteiger partial charge in [0.05, 0.1) is 26.4 Å². The molecule has 0 radical (unpaired) electrons. The van der Waals surface area contributed by atoms with Crippen molar-refractivity contribution in [2.45, 2.75) is 39.6 Å². The van der Waals surface area contributed by atoms with Crippen LogP contribution in [0.3, 0.4) is 0 Å². The Morgan fingerprint density at radius 2 is 0.821 bits per heavy atom. The van der Waals surface area contributed by atoms with Crippen LogP contribution in [-0.2, 0) is 29.8 Å². The Morgan fingerprint density at radius 3 is 1.14 bits per heavy atom. The summed E-state index contributed by atoms with van der Waals surface area (Å²) < 4.78 is 20.7. The summed E-state index contributed by atoms with van der Waals surface area (Å²) in [5, 5.41) is 41.6.